The molecule has 28 heavy (non-hydrogen) atoms. The minimum atomic E-state index is -0.327. The molecule has 3 aromatic rings. The van der Waals surface area contributed by atoms with Crippen molar-refractivity contribution in [2.24, 2.45) is 0 Å². The van der Waals surface area contributed by atoms with Crippen molar-refractivity contribution in [3.63, 3.8) is 0 Å². The molecule has 0 saturated heterocycles. The Kier molecular flexibility index (Phi) is 6.20. The predicted molar refractivity (Wildman–Crippen MR) is 109 cm³/mol. The highest BCUT2D eigenvalue weighted by Crippen LogP contribution is 2.28. The number of Topliss-reactive ketones (excluding diaryl/α,β-unsaturated/α-hetero) is 1. The monoisotopic (exact) mass is 395 g/mol. The fraction of sp³-hybridized carbons (Fsp3) is 0.250. The van der Waals surface area contributed by atoms with Crippen LogP contribution in [0.5, 0.6) is 0 Å². The minimum Gasteiger partial charge on any atom is -0.326 e. The van der Waals surface area contributed by atoms with Crippen molar-refractivity contribution in [2.75, 3.05) is 5.32 Å². The van der Waals surface area contributed by atoms with E-state index >= 15 is 0 Å². The van der Waals surface area contributed by atoms with E-state index in [0.29, 0.717) is 23.0 Å². The van der Waals surface area contributed by atoms with Crippen molar-refractivity contribution < 1.29 is 9.59 Å². The summed E-state index contributed by atoms with van der Waals surface area (Å²) in [6.07, 6.45) is 3.43. The number of amides is 1. The maximum Gasteiger partial charge on any atom is 0.221 e. The number of nitrogens with one attached hydrogen (secondary N) is 1. The number of nitrogens with zero attached hydrogens (tertiary/aromatic N) is 4. The summed E-state index contributed by atoms with van der Waals surface area (Å²) in [6, 6.07) is 10.7. The Bertz CT molecular complexity index is 970. The van der Waals surface area contributed by atoms with Gasteiger partial charge in [-0.2, -0.15) is 0 Å². The maximum absolute atomic E-state index is 12.8. The molecule has 1 atom stereocenters. The summed E-state index contributed by atoms with van der Waals surface area (Å²) in [4.78, 5) is 27.9. The molecular weight excluding hydrogens is 374 g/mol. The zero-order chi connectivity index (χ0) is 20.1. The van der Waals surface area contributed by atoms with E-state index in [1.165, 1.54) is 18.7 Å². The van der Waals surface area contributed by atoms with E-state index in [4.69, 9.17) is 0 Å². The summed E-state index contributed by atoms with van der Waals surface area (Å²) in [5, 5.41) is 11.6. The first-order valence-electron chi connectivity index (χ1n) is 8.91. The Balaban J connectivity index is 1.75. The van der Waals surface area contributed by atoms with Gasteiger partial charge in [-0.05, 0) is 50.2 Å². The zero-order valence-corrected chi connectivity index (χ0v) is 16.7. The van der Waals surface area contributed by atoms with Gasteiger partial charge in [0, 0.05) is 42.7 Å². The molecule has 1 unspecified atom stereocenters. The first-order chi connectivity index (χ1) is 13.5. The second-order valence-electron chi connectivity index (χ2n) is 6.17. The maximum atomic E-state index is 12.8. The average molecular weight is 395 g/mol. The number of pyridine rings is 1. The SMILES string of the molecule is CCn1c(SC(C)C(=O)c2ccc(NC(C)=O)cc2)nnc1-c1ccncc1. The highest BCUT2D eigenvalue weighted by Gasteiger charge is 2.21. The number of anilines is 1. The number of thioether (sulfide) groups is 1. The van der Waals surface area contributed by atoms with Gasteiger partial charge in [0.1, 0.15) is 0 Å². The Morgan fingerprint density at radius 2 is 1.79 bits per heavy atom. The summed E-state index contributed by atoms with van der Waals surface area (Å²) < 4.78 is 1.99. The highest BCUT2D eigenvalue weighted by atomic mass is 32.2. The van der Waals surface area contributed by atoms with Crippen LogP contribution in [0, 0.1) is 0 Å². The van der Waals surface area contributed by atoms with Gasteiger partial charge in [0.25, 0.3) is 0 Å². The van der Waals surface area contributed by atoms with E-state index in [-0.39, 0.29) is 16.9 Å². The summed E-state index contributed by atoms with van der Waals surface area (Å²) >= 11 is 1.38. The van der Waals surface area contributed by atoms with Gasteiger partial charge < -0.3 is 9.88 Å². The second-order valence-corrected chi connectivity index (χ2v) is 7.48. The summed E-state index contributed by atoms with van der Waals surface area (Å²) in [5.41, 5.74) is 2.19. The zero-order valence-electron chi connectivity index (χ0n) is 15.9. The predicted octanol–water partition coefficient (Wildman–Crippen LogP) is 3.68. The normalized spacial score (nSPS) is 11.8. The van der Waals surface area contributed by atoms with Gasteiger partial charge in [0.15, 0.2) is 16.8 Å². The lowest BCUT2D eigenvalue weighted by atomic mass is 10.1. The molecule has 0 aliphatic rings. The third-order valence-corrected chi connectivity index (χ3v) is 5.19. The number of hydrogen-bond donors (Lipinski definition) is 1. The van der Waals surface area contributed by atoms with Crippen molar-refractivity contribution in [3.8, 4) is 11.4 Å². The molecule has 8 heteroatoms. The largest absolute Gasteiger partial charge is 0.326 e. The van der Waals surface area contributed by atoms with E-state index in [1.807, 2.05) is 30.5 Å². The van der Waals surface area contributed by atoms with Crippen LogP contribution in [-0.4, -0.2) is 36.7 Å². The van der Waals surface area contributed by atoms with Crippen LogP contribution in [0.4, 0.5) is 5.69 Å². The van der Waals surface area contributed by atoms with Crippen LogP contribution >= 0.6 is 11.8 Å². The van der Waals surface area contributed by atoms with E-state index < -0.39 is 0 Å². The van der Waals surface area contributed by atoms with Crippen molar-refractivity contribution >= 4 is 29.1 Å². The van der Waals surface area contributed by atoms with Crippen LogP contribution in [-0.2, 0) is 11.3 Å². The molecule has 3 rings (SSSR count). The second kappa shape index (κ2) is 8.79. The van der Waals surface area contributed by atoms with Gasteiger partial charge in [0.2, 0.25) is 5.91 Å². The smallest absolute Gasteiger partial charge is 0.221 e. The van der Waals surface area contributed by atoms with Gasteiger partial charge in [0.05, 0.1) is 5.25 Å². The first-order valence-corrected chi connectivity index (χ1v) is 9.79. The van der Waals surface area contributed by atoms with E-state index in [9.17, 15) is 9.59 Å². The fourth-order valence-corrected chi connectivity index (χ4v) is 3.73. The molecule has 0 saturated carbocycles. The number of benzene rings is 1. The lowest BCUT2D eigenvalue weighted by molar-refractivity contribution is -0.114. The van der Waals surface area contributed by atoms with Gasteiger partial charge in [-0.1, -0.05) is 11.8 Å². The van der Waals surface area contributed by atoms with Crippen LogP contribution in [0.3, 0.4) is 0 Å². The highest BCUT2D eigenvalue weighted by molar-refractivity contribution is 8.00. The van der Waals surface area contributed by atoms with Crippen molar-refractivity contribution in [3.05, 3.63) is 54.4 Å². The summed E-state index contributed by atoms with van der Waals surface area (Å²) in [7, 11) is 0. The molecule has 0 fully saturated rings. The van der Waals surface area contributed by atoms with Crippen LogP contribution in [0.25, 0.3) is 11.4 Å². The van der Waals surface area contributed by atoms with Crippen molar-refractivity contribution in [1.82, 2.24) is 19.7 Å². The minimum absolute atomic E-state index is 0.00418. The molecule has 0 aliphatic heterocycles. The Labute approximate surface area is 167 Å². The summed E-state index contributed by atoms with van der Waals surface area (Å²) in [5.74, 6) is 0.606. The average Bonchev–Trinajstić information content (AvgIpc) is 3.10. The van der Waals surface area contributed by atoms with Crippen LogP contribution in [0.1, 0.15) is 31.1 Å². The molecule has 0 bridgehead atoms. The number of carbonyl (C=O) groups excluding carboxylic acids is 2. The van der Waals surface area contributed by atoms with E-state index in [1.54, 1.807) is 36.7 Å². The van der Waals surface area contributed by atoms with Crippen LogP contribution < -0.4 is 5.32 Å². The lowest BCUT2D eigenvalue weighted by Gasteiger charge is -2.12. The number of hydrogen-bond acceptors (Lipinski definition) is 6. The van der Waals surface area contributed by atoms with Gasteiger partial charge in [-0.3, -0.25) is 14.6 Å². The fourth-order valence-electron chi connectivity index (χ4n) is 2.74. The first kappa shape index (κ1) is 19.8. The Morgan fingerprint density at radius 1 is 1.11 bits per heavy atom. The Morgan fingerprint density at radius 3 is 2.39 bits per heavy atom. The van der Waals surface area contributed by atoms with Crippen LogP contribution in [0.15, 0.2) is 53.9 Å². The molecule has 1 aromatic carbocycles. The molecule has 144 valence electrons. The number of carbonyl (C=O) groups is 2. The molecule has 2 aromatic heterocycles. The van der Waals surface area contributed by atoms with Crippen molar-refractivity contribution in [2.45, 2.75) is 37.7 Å². The topological polar surface area (TPSA) is 89.8 Å². The molecule has 1 amide bonds. The van der Waals surface area contributed by atoms with Gasteiger partial charge >= 0.3 is 0 Å². The van der Waals surface area contributed by atoms with E-state index in [0.717, 1.165) is 11.4 Å². The van der Waals surface area contributed by atoms with Gasteiger partial charge in [-0.25, -0.2) is 0 Å². The van der Waals surface area contributed by atoms with Gasteiger partial charge in [-0.15, -0.1) is 10.2 Å². The quantitative estimate of drug-likeness (QED) is 0.485. The number of aromatic nitrogens is 4. The third-order valence-electron chi connectivity index (χ3n) is 4.11. The molecule has 0 aliphatic carbocycles. The van der Waals surface area contributed by atoms with Crippen molar-refractivity contribution in [1.29, 1.82) is 0 Å². The molecular formula is C20H21N5O2S. The Hall–Kier alpha value is -3.00. The standard InChI is InChI=1S/C20H21N5O2S/c1-4-25-19(16-9-11-21-12-10-16)23-24-20(25)28-13(2)18(27)15-5-7-17(8-6-15)22-14(3)26/h5-13H,4H2,1-3H3,(H,22,26). The number of ketones is 1. The molecule has 0 spiro atoms. The molecule has 1 N–H and O–H groups in total. The van der Waals surface area contributed by atoms with E-state index in [2.05, 4.69) is 20.5 Å². The number of rotatable bonds is 7. The molecule has 2 heterocycles. The third kappa shape index (κ3) is 4.45. The lowest BCUT2D eigenvalue weighted by Crippen LogP contribution is -2.15. The summed E-state index contributed by atoms with van der Waals surface area (Å²) in [6.45, 7) is 6.02. The molecule has 0 radical (unpaired) electrons. The van der Waals surface area contributed by atoms with Crippen LogP contribution in [0.2, 0.25) is 0 Å². The molecule has 7 nitrogen and oxygen atoms in total.